The molecule has 3 atom stereocenters. The second kappa shape index (κ2) is 3.79. The Balaban J connectivity index is 3.00. The van der Waals surface area contributed by atoms with Crippen LogP contribution in [0.25, 0.3) is 0 Å². The molecule has 74 valence electrons. The van der Waals surface area contributed by atoms with E-state index in [1.165, 1.54) is 6.08 Å². The van der Waals surface area contributed by atoms with Gasteiger partial charge in [-0.15, -0.1) is 18.2 Å². The average Bonchev–Trinajstić information content (AvgIpc) is 2.23. The van der Waals surface area contributed by atoms with Crippen LogP contribution in [0.2, 0.25) is 0 Å². The average molecular weight is 244 g/mol. The van der Waals surface area contributed by atoms with Gasteiger partial charge in [-0.1, -0.05) is 29.3 Å². The van der Waals surface area contributed by atoms with Crippen LogP contribution in [0, 0.1) is 0 Å². The van der Waals surface area contributed by atoms with Crippen LogP contribution in [-0.4, -0.2) is 27.3 Å². The van der Waals surface area contributed by atoms with E-state index in [9.17, 15) is 10.2 Å². The van der Waals surface area contributed by atoms with Gasteiger partial charge in [0.05, 0.1) is 10.1 Å². The summed E-state index contributed by atoms with van der Waals surface area (Å²) in [7, 11) is 0. The molecule has 0 saturated carbocycles. The number of rotatable bonds is 2. The highest BCUT2D eigenvalue weighted by Crippen LogP contribution is 2.45. The molecule has 0 aromatic heterocycles. The van der Waals surface area contributed by atoms with Crippen molar-refractivity contribution in [3.05, 3.63) is 22.7 Å². The fourth-order valence-corrected chi connectivity index (χ4v) is 2.31. The maximum Gasteiger partial charge on any atom is 0.113 e. The topological polar surface area (TPSA) is 40.5 Å². The maximum atomic E-state index is 9.57. The van der Waals surface area contributed by atoms with Gasteiger partial charge < -0.3 is 10.2 Å². The van der Waals surface area contributed by atoms with E-state index < -0.39 is 17.1 Å². The highest BCUT2D eigenvalue weighted by molar-refractivity contribution is 6.42. The molecule has 0 heterocycles. The molecule has 0 bridgehead atoms. The predicted molar refractivity (Wildman–Crippen MR) is 54.1 cm³/mol. The van der Waals surface area contributed by atoms with Crippen LogP contribution < -0.4 is 0 Å². The van der Waals surface area contributed by atoms with Gasteiger partial charge in [-0.3, -0.25) is 0 Å². The lowest BCUT2D eigenvalue weighted by Gasteiger charge is -2.28. The van der Waals surface area contributed by atoms with Crippen LogP contribution in [0.15, 0.2) is 22.7 Å². The van der Waals surface area contributed by atoms with Gasteiger partial charge in [0, 0.05) is 0 Å². The zero-order valence-corrected chi connectivity index (χ0v) is 8.94. The number of hydrogen-bond acceptors (Lipinski definition) is 2. The van der Waals surface area contributed by atoms with Gasteiger partial charge in [0.25, 0.3) is 0 Å². The van der Waals surface area contributed by atoms with E-state index in [1.807, 2.05) is 0 Å². The van der Waals surface area contributed by atoms with Gasteiger partial charge in [-0.2, -0.15) is 0 Å². The molecule has 5 heteroatoms. The Kier molecular flexibility index (Phi) is 3.31. The van der Waals surface area contributed by atoms with Crippen molar-refractivity contribution < 1.29 is 10.2 Å². The molecular weight excluding hydrogens is 234 g/mol. The van der Waals surface area contributed by atoms with E-state index in [2.05, 4.69) is 6.58 Å². The number of aliphatic hydroxyl groups is 2. The monoisotopic (exact) mass is 242 g/mol. The first-order valence-electron chi connectivity index (χ1n) is 3.66. The Hall–Kier alpha value is 0.270. The molecule has 2 nitrogen and oxygen atoms in total. The van der Waals surface area contributed by atoms with Crippen LogP contribution in [0.1, 0.15) is 6.42 Å². The number of hydrogen-bond donors (Lipinski definition) is 2. The lowest BCUT2D eigenvalue weighted by atomic mass is 9.97. The van der Waals surface area contributed by atoms with Crippen molar-refractivity contribution in [2.75, 3.05) is 0 Å². The van der Waals surface area contributed by atoms with E-state index in [4.69, 9.17) is 34.8 Å². The van der Waals surface area contributed by atoms with E-state index >= 15 is 0 Å². The second-order valence-corrected chi connectivity index (χ2v) is 4.44. The van der Waals surface area contributed by atoms with E-state index in [0.29, 0.717) is 0 Å². The summed E-state index contributed by atoms with van der Waals surface area (Å²) >= 11 is 17.3. The Morgan fingerprint density at radius 3 is 2.00 bits per heavy atom. The largest absolute Gasteiger partial charge is 0.385 e. The quantitative estimate of drug-likeness (QED) is 0.575. The molecule has 1 unspecified atom stereocenters. The van der Waals surface area contributed by atoms with Crippen LogP contribution in [0.4, 0.5) is 0 Å². The summed E-state index contributed by atoms with van der Waals surface area (Å²) in [5.74, 6) is 0. The predicted octanol–water partition coefficient (Wildman–Crippen LogP) is 1.96. The molecule has 1 aliphatic carbocycles. The Morgan fingerprint density at radius 1 is 1.31 bits per heavy atom. The SMILES string of the molecule is C=CCC1(Cl)[C@H](O)C(Cl)=C(Cl)[C@@H]1O. The number of aliphatic hydroxyl groups excluding tert-OH is 2. The van der Waals surface area contributed by atoms with Crippen molar-refractivity contribution in [3.8, 4) is 0 Å². The minimum Gasteiger partial charge on any atom is -0.385 e. The van der Waals surface area contributed by atoms with E-state index in [1.54, 1.807) is 0 Å². The normalized spacial score (nSPS) is 39.8. The van der Waals surface area contributed by atoms with Gasteiger partial charge in [0.1, 0.15) is 17.1 Å². The molecule has 2 N–H and O–H groups in total. The molecule has 0 spiro atoms. The molecule has 0 saturated heterocycles. The Bertz CT molecular complexity index is 244. The van der Waals surface area contributed by atoms with Crippen LogP contribution in [0.3, 0.4) is 0 Å². The fourth-order valence-electron chi connectivity index (χ4n) is 1.28. The first-order chi connectivity index (χ1) is 5.95. The minimum atomic E-state index is -1.27. The molecule has 13 heavy (non-hydrogen) atoms. The Morgan fingerprint density at radius 2 is 1.69 bits per heavy atom. The van der Waals surface area contributed by atoms with Crippen molar-refractivity contribution in [1.29, 1.82) is 0 Å². The number of halogens is 3. The fraction of sp³-hybridized carbons (Fsp3) is 0.500. The van der Waals surface area contributed by atoms with Gasteiger partial charge in [-0.05, 0) is 6.42 Å². The van der Waals surface area contributed by atoms with Crippen LogP contribution in [-0.2, 0) is 0 Å². The van der Waals surface area contributed by atoms with Crippen molar-refractivity contribution in [2.24, 2.45) is 0 Å². The standard InChI is InChI=1S/C8H9Cl3O2/c1-2-3-8(11)6(12)4(9)5(10)7(8)13/h2,6-7,12-13H,1,3H2/t6-,7+,8?. The zero-order valence-electron chi connectivity index (χ0n) is 6.67. The lowest BCUT2D eigenvalue weighted by molar-refractivity contribution is 0.0972. The van der Waals surface area contributed by atoms with E-state index in [-0.39, 0.29) is 16.5 Å². The Labute approximate surface area is 91.4 Å². The summed E-state index contributed by atoms with van der Waals surface area (Å²) in [6.45, 7) is 3.48. The first kappa shape index (κ1) is 11.3. The van der Waals surface area contributed by atoms with Gasteiger partial charge >= 0.3 is 0 Å². The van der Waals surface area contributed by atoms with Crippen molar-refractivity contribution in [3.63, 3.8) is 0 Å². The summed E-state index contributed by atoms with van der Waals surface area (Å²) in [6.07, 6.45) is -0.560. The molecule has 0 aliphatic heterocycles. The summed E-state index contributed by atoms with van der Waals surface area (Å²) in [5, 5.41) is 19.2. The van der Waals surface area contributed by atoms with E-state index in [0.717, 1.165) is 0 Å². The van der Waals surface area contributed by atoms with Crippen LogP contribution >= 0.6 is 34.8 Å². The third-order valence-corrected chi connectivity index (χ3v) is 3.56. The summed E-state index contributed by atoms with van der Waals surface area (Å²) < 4.78 is 0. The maximum absolute atomic E-state index is 9.57. The molecule has 0 fully saturated rings. The highest BCUT2D eigenvalue weighted by atomic mass is 35.5. The summed E-state index contributed by atoms with van der Waals surface area (Å²) in [5.41, 5.74) is 0. The zero-order chi connectivity index (χ0) is 10.2. The van der Waals surface area contributed by atoms with Crippen molar-refractivity contribution in [1.82, 2.24) is 0 Å². The van der Waals surface area contributed by atoms with Gasteiger partial charge in [0.2, 0.25) is 0 Å². The molecule has 0 aromatic carbocycles. The first-order valence-corrected chi connectivity index (χ1v) is 4.79. The number of alkyl halides is 1. The molecule has 0 aromatic rings. The van der Waals surface area contributed by atoms with Crippen molar-refractivity contribution in [2.45, 2.75) is 23.5 Å². The third kappa shape index (κ3) is 1.62. The molecule has 0 amide bonds. The van der Waals surface area contributed by atoms with Crippen LogP contribution in [0.5, 0.6) is 0 Å². The minimum absolute atomic E-state index is 0.00557. The third-order valence-electron chi connectivity index (χ3n) is 2.07. The van der Waals surface area contributed by atoms with Gasteiger partial charge in [0.15, 0.2) is 0 Å². The van der Waals surface area contributed by atoms with Gasteiger partial charge in [-0.25, -0.2) is 0 Å². The highest BCUT2D eigenvalue weighted by Gasteiger charge is 2.51. The smallest absolute Gasteiger partial charge is 0.113 e. The molecular formula is C8H9Cl3O2. The summed E-state index contributed by atoms with van der Waals surface area (Å²) in [6, 6.07) is 0. The molecule has 0 radical (unpaired) electrons. The summed E-state index contributed by atoms with van der Waals surface area (Å²) in [4.78, 5) is -1.27. The lowest BCUT2D eigenvalue weighted by Crippen LogP contribution is -2.42. The second-order valence-electron chi connectivity index (χ2n) is 2.92. The molecule has 1 aliphatic rings. The molecule has 1 rings (SSSR count). The number of allylic oxidation sites excluding steroid dienone is 1. The van der Waals surface area contributed by atoms with Crippen molar-refractivity contribution >= 4 is 34.8 Å².